The Bertz CT molecular complexity index is 1400. The largest absolute Gasteiger partial charge is 0.309 e. The summed E-state index contributed by atoms with van der Waals surface area (Å²) in [6.07, 6.45) is 1.78. The van der Waals surface area contributed by atoms with Crippen LogP contribution >= 0.6 is 0 Å². The van der Waals surface area contributed by atoms with E-state index in [0.717, 1.165) is 22.3 Å². The van der Waals surface area contributed by atoms with Crippen LogP contribution in [0, 0.1) is 17.1 Å². The van der Waals surface area contributed by atoms with E-state index < -0.39 is 0 Å². The molecule has 0 aliphatic carbocycles. The Morgan fingerprint density at radius 2 is 1.40 bits per heavy atom. The van der Waals surface area contributed by atoms with Crippen LogP contribution in [0.25, 0.3) is 39.1 Å². The summed E-state index contributed by atoms with van der Waals surface area (Å²) in [6.45, 7) is 0. The van der Waals surface area contributed by atoms with Gasteiger partial charge in [0.05, 0.1) is 22.7 Å². The van der Waals surface area contributed by atoms with Gasteiger partial charge in [-0.25, -0.2) is 4.39 Å². The minimum absolute atomic E-state index is 0.352. The summed E-state index contributed by atoms with van der Waals surface area (Å²) in [7, 11) is 0. The maximum Gasteiger partial charge on any atom is 0.123 e. The third-order valence-corrected chi connectivity index (χ3v) is 5.30. The summed E-state index contributed by atoms with van der Waals surface area (Å²) in [5.74, 6) is -0.352. The predicted molar refractivity (Wildman–Crippen MR) is 121 cm³/mol. The van der Waals surface area contributed by atoms with E-state index >= 15 is 0 Å². The molecule has 30 heavy (non-hydrogen) atoms. The molecule has 3 heteroatoms. The van der Waals surface area contributed by atoms with Crippen molar-refractivity contribution in [2.45, 2.75) is 0 Å². The maximum atomic E-state index is 13.5. The Morgan fingerprint density at radius 3 is 2.00 bits per heavy atom. The summed E-state index contributed by atoms with van der Waals surface area (Å²) in [5, 5.41) is 12.0. The van der Waals surface area contributed by atoms with Crippen molar-refractivity contribution in [3.8, 4) is 11.8 Å². The number of aromatic nitrogens is 1. The van der Waals surface area contributed by atoms with E-state index in [9.17, 15) is 9.65 Å². The van der Waals surface area contributed by atoms with Crippen molar-refractivity contribution in [2.24, 2.45) is 0 Å². The smallest absolute Gasteiger partial charge is 0.123 e. The van der Waals surface area contributed by atoms with E-state index in [0.29, 0.717) is 11.1 Å². The summed E-state index contributed by atoms with van der Waals surface area (Å²) in [5.41, 5.74) is 5.25. The van der Waals surface area contributed by atoms with Gasteiger partial charge in [-0.1, -0.05) is 60.7 Å². The third kappa shape index (κ3) is 3.05. The van der Waals surface area contributed by atoms with Crippen LogP contribution in [0.5, 0.6) is 0 Å². The highest BCUT2D eigenvalue weighted by molar-refractivity contribution is 6.09. The molecule has 0 radical (unpaired) electrons. The van der Waals surface area contributed by atoms with E-state index in [2.05, 4.69) is 47.0 Å². The van der Waals surface area contributed by atoms with Gasteiger partial charge in [-0.15, -0.1) is 0 Å². The van der Waals surface area contributed by atoms with Gasteiger partial charge in [0.25, 0.3) is 0 Å². The lowest BCUT2D eigenvalue weighted by molar-refractivity contribution is 0.627. The molecule has 0 spiro atoms. The molecule has 0 saturated heterocycles. The first kappa shape index (κ1) is 17.9. The molecule has 0 bridgehead atoms. The summed E-state index contributed by atoms with van der Waals surface area (Å²) in [4.78, 5) is 0. The molecule has 5 aromatic rings. The summed E-state index contributed by atoms with van der Waals surface area (Å²) in [6, 6.07) is 33.1. The first-order valence-corrected chi connectivity index (χ1v) is 9.71. The molecule has 0 N–H and O–H groups in total. The van der Waals surface area contributed by atoms with E-state index in [1.54, 1.807) is 18.2 Å². The average Bonchev–Trinajstić information content (AvgIpc) is 3.12. The number of allylic oxidation sites excluding steroid dienone is 1. The number of benzene rings is 4. The quantitative estimate of drug-likeness (QED) is 0.242. The molecule has 1 aromatic heterocycles. The lowest BCUT2D eigenvalue weighted by atomic mass is 10.0. The minimum Gasteiger partial charge on any atom is -0.309 e. The number of nitrogens with zero attached hydrogens (tertiary/aromatic N) is 2. The lowest BCUT2D eigenvalue weighted by Crippen LogP contribution is -1.93. The van der Waals surface area contributed by atoms with Crippen molar-refractivity contribution < 1.29 is 4.39 Å². The molecule has 4 aromatic carbocycles. The molecule has 2 nitrogen and oxygen atoms in total. The van der Waals surface area contributed by atoms with Crippen LogP contribution in [-0.4, -0.2) is 4.57 Å². The van der Waals surface area contributed by atoms with Crippen LogP contribution in [0.3, 0.4) is 0 Å². The predicted octanol–water partition coefficient (Wildman–Crippen LogP) is 6.99. The van der Waals surface area contributed by atoms with E-state index in [-0.39, 0.29) is 5.82 Å². The Hall–Kier alpha value is -4.16. The van der Waals surface area contributed by atoms with Crippen molar-refractivity contribution in [2.75, 3.05) is 0 Å². The number of rotatable bonds is 3. The van der Waals surface area contributed by atoms with Crippen LogP contribution in [-0.2, 0) is 0 Å². The second-order valence-corrected chi connectivity index (χ2v) is 7.14. The Labute approximate surface area is 173 Å². The van der Waals surface area contributed by atoms with Gasteiger partial charge < -0.3 is 4.57 Å². The van der Waals surface area contributed by atoms with Crippen molar-refractivity contribution in [3.63, 3.8) is 0 Å². The molecule has 0 aliphatic heterocycles. The number of hydrogen-bond acceptors (Lipinski definition) is 1. The normalized spacial score (nSPS) is 11.7. The zero-order valence-corrected chi connectivity index (χ0v) is 16.1. The van der Waals surface area contributed by atoms with Crippen LogP contribution in [0.1, 0.15) is 11.1 Å². The molecule has 0 unspecified atom stereocenters. The van der Waals surface area contributed by atoms with Crippen molar-refractivity contribution >= 4 is 33.5 Å². The average molecular weight is 388 g/mol. The molecular weight excluding hydrogens is 371 g/mol. The first-order valence-electron chi connectivity index (χ1n) is 9.71. The fourth-order valence-electron chi connectivity index (χ4n) is 3.92. The lowest BCUT2D eigenvalue weighted by Gasteiger charge is -2.08. The molecule has 1 heterocycles. The number of halogens is 1. The zero-order chi connectivity index (χ0) is 20.5. The molecule has 0 atom stereocenters. The molecule has 0 fully saturated rings. The Balaban J connectivity index is 1.60. The first-order chi connectivity index (χ1) is 14.7. The maximum absolute atomic E-state index is 13.5. The second kappa shape index (κ2) is 7.35. The van der Waals surface area contributed by atoms with E-state index in [1.165, 1.54) is 22.9 Å². The molecular formula is C27H17FN2. The standard InChI is InChI=1S/C27H17FN2/c28-22-7-5-6-20(17-22)21(18-29)16-19-12-14-23(15-13-19)30-26-10-3-1-8-24(26)25-9-2-4-11-27(25)30/h1-17H/b21-16+. The van der Waals surface area contributed by atoms with Crippen LogP contribution in [0.15, 0.2) is 97.1 Å². The monoisotopic (exact) mass is 388 g/mol. The van der Waals surface area contributed by atoms with Crippen LogP contribution in [0.4, 0.5) is 4.39 Å². The van der Waals surface area contributed by atoms with Gasteiger partial charge in [0, 0.05) is 16.5 Å². The highest BCUT2D eigenvalue weighted by Crippen LogP contribution is 2.32. The molecule has 142 valence electrons. The van der Waals surface area contributed by atoms with Crippen molar-refractivity contribution in [1.29, 1.82) is 5.26 Å². The van der Waals surface area contributed by atoms with Gasteiger partial charge in [0.2, 0.25) is 0 Å². The fourth-order valence-corrected chi connectivity index (χ4v) is 3.92. The summed E-state index contributed by atoms with van der Waals surface area (Å²) < 4.78 is 15.8. The topological polar surface area (TPSA) is 28.7 Å². The number of hydrogen-bond donors (Lipinski definition) is 0. The van der Waals surface area contributed by atoms with Gasteiger partial charge >= 0.3 is 0 Å². The van der Waals surface area contributed by atoms with Crippen molar-refractivity contribution in [3.05, 3.63) is 114 Å². The van der Waals surface area contributed by atoms with E-state index in [1.807, 2.05) is 36.4 Å². The molecule has 0 saturated carbocycles. The minimum atomic E-state index is -0.352. The molecule has 5 rings (SSSR count). The Kier molecular flexibility index (Phi) is 4.38. The summed E-state index contributed by atoms with van der Waals surface area (Å²) >= 11 is 0. The molecule has 0 aliphatic rings. The van der Waals surface area contributed by atoms with Gasteiger partial charge in [-0.2, -0.15) is 5.26 Å². The van der Waals surface area contributed by atoms with Gasteiger partial charge in [0.15, 0.2) is 0 Å². The SMILES string of the molecule is N#C/C(=C\c1ccc(-n2c3ccccc3c3ccccc32)cc1)c1cccc(F)c1. The highest BCUT2D eigenvalue weighted by atomic mass is 19.1. The number of para-hydroxylation sites is 2. The van der Waals surface area contributed by atoms with Crippen LogP contribution < -0.4 is 0 Å². The zero-order valence-electron chi connectivity index (χ0n) is 16.1. The highest BCUT2D eigenvalue weighted by Gasteiger charge is 2.11. The second-order valence-electron chi connectivity index (χ2n) is 7.14. The van der Waals surface area contributed by atoms with E-state index in [4.69, 9.17) is 0 Å². The van der Waals surface area contributed by atoms with Gasteiger partial charge in [0.1, 0.15) is 5.82 Å². The third-order valence-electron chi connectivity index (χ3n) is 5.30. The molecule has 0 amide bonds. The van der Waals surface area contributed by atoms with Crippen LogP contribution in [0.2, 0.25) is 0 Å². The number of fused-ring (bicyclic) bond motifs is 3. The Morgan fingerprint density at radius 1 is 0.767 bits per heavy atom. The van der Waals surface area contributed by atoms with Crippen molar-refractivity contribution in [1.82, 2.24) is 4.57 Å². The van der Waals surface area contributed by atoms with Gasteiger partial charge in [-0.05, 0) is 53.6 Å². The van der Waals surface area contributed by atoms with Gasteiger partial charge in [-0.3, -0.25) is 0 Å². The fraction of sp³-hybridized carbons (Fsp3) is 0. The number of nitriles is 1.